The molecule has 4 unspecified atom stereocenters. The topological polar surface area (TPSA) is 38.5 Å². The minimum Gasteiger partial charge on any atom is -0.377 e. The predicted octanol–water partition coefficient (Wildman–Crippen LogP) is 2.95. The van der Waals surface area contributed by atoms with Crippen molar-refractivity contribution in [2.75, 3.05) is 13.7 Å². The van der Waals surface area contributed by atoms with E-state index in [1.807, 2.05) is 0 Å². The number of likely N-dealkylation sites (N-methyl/N-ethyl adjacent to an activating group) is 1. The Kier molecular flexibility index (Phi) is 5.01. The summed E-state index contributed by atoms with van der Waals surface area (Å²) in [5.74, 6) is 0. The lowest BCUT2D eigenvalue weighted by atomic mass is 9.96. The Morgan fingerprint density at radius 1 is 1.37 bits per heavy atom. The summed E-state index contributed by atoms with van der Waals surface area (Å²) in [6.45, 7) is 5.07. The zero-order chi connectivity index (χ0) is 14.0. The fourth-order valence-electron chi connectivity index (χ4n) is 3.03. The number of rotatable bonds is 4. The summed E-state index contributed by atoms with van der Waals surface area (Å²) in [5, 5.41) is 0. The van der Waals surface area contributed by atoms with Crippen LogP contribution in [0.15, 0.2) is 28.7 Å². The van der Waals surface area contributed by atoms with Gasteiger partial charge >= 0.3 is 0 Å². The molecule has 1 saturated heterocycles. The summed E-state index contributed by atoms with van der Waals surface area (Å²) in [6.07, 6.45) is 1.36. The fraction of sp³-hybridized carbons (Fsp3) is 0.600. The molecule has 1 aromatic carbocycles. The summed E-state index contributed by atoms with van der Waals surface area (Å²) in [7, 11) is 2.16. The lowest BCUT2D eigenvalue weighted by Crippen LogP contribution is -2.45. The van der Waals surface area contributed by atoms with Gasteiger partial charge in [-0.05, 0) is 45.0 Å². The monoisotopic (exact) mass is 326 g/mol. The first-order valence-corrected chi connectivity index (χ1v) is 7.64. The number of benzene rings is 1. The molecule has 2 rings (SSSR count). The highest BCUT2D eigenvalue weighted by atomic mass is 79.9. The molecule has 0 saturated carbocycles. The minimum absolute atomic E-state index is 0.0824. The number of ether oxygens (including phenoxy) is 1. The summed E-state index contributed by atoms with van der Waals surface area (Å²) < 4.78 is 6.78. The Morgan fingerprint density at radius 2 is 2.00 bits per heavy atom. The van der Waals surface area contributed by atoms with Crippen LogP contribution in [0.1, 0.15) is 31.9 Å². The molecule has 0 amide bonds. The Hall–Kier alpha value is -0.420. The highest BCUT2D eigenvalue weighted by Gasteiger charge is 2.33. The number of hydrogen-bond donors (Lipinski definition) is 1. The van der Waals surface area contributed by atoms with Crippen LogP contribution < -0.4 is 5.73 Å². The van der Waals surface area contributed by atoms with Gasteiger partial charge in [0.05, 0.1) is 6.10 Å². The van der Waals surface area contributed by atoms with E-state index in [1.54, 1.807) is 0 Å². The second kappa shape index (κ2) is 6.35. The van der Waals surface area contributed by atoms with Gasteiger partial charge in [0, 0.05) is 29.2 Å². The van der Waals surface area contributed by atoms with Crippen molar-refractivity contribution in [3.05, 3.63) is 34.3 Å². The van der Waals surface area contributed by atoms with Crippen molar-refractivity contribution < 1.29 is 4.74 Å². The third-order valence-corrected chi connectivity index (χ3v) is 4.54. The van der Waals surface area contributed by atoms with Crippen molar-refractivity contribution in [1.29, 1.82) is 0 Å². The molecule has 19 heavy (non-hydrogen) atoms. The number of nitrogens with zero attached hydrogens (tertiary/aromatic N) is 1. The average Bonchev–Trinajstić information content (AvgIpc) is 2.78. The van der Waals surface area contributed by atoms with E-state index in [2.05, 4.69) is 66.0 Å². The molecular weight excluding hydrogens is 304 g/mol. The van der Waals surface area contributed by atoms with E-state index in [-0.39, 0.29) is 18.2 Å². The van der Waals surface area contributed by atoms with Crippen molar-refractivity contribution >= 4 is 15.9 Å². The first-order valence-electron chi connectivity index (χ1n) is 6.85. The Bertz CT molecular complexity index is 407. The second-order valence-electron chi connectivity index (χ2n) is 5.45. The normalized spacial score (nSPS) is 26.6. The van der Waals surface area contributed by atoms with Gasteiger partial charge < -0.3 is 10.5 Å². The molecule has 4 heteroatoms. The highest BCUT2D eigenvalue weighted by Crippen LogP contribution is 2.30. The minimum atomic E-state index is 0.0824. The summed E-state index contributed by atoms with van der Waals surface area (Å²) in [5.41, 5.74) is 7.49. The Morgan fingerprint density at radius 3 is 2.47 bits per heavy atom. The molecular formula is C15H23BrN2O. The van der Waals surface area contributed by atoms with E-state index in [0.717, 1.165) is 17.5 Å². The van der Waals surface area contributed by atoms with E-state index >= 15 is 0 Å². The molecule has 0 radical (unpaired) electrons. The van der Waals surface area contributed by atoms with Crippen LogP contribution in [0, 0.1) is 0 Å². The first-order chi connectivity index (χ1) is 9.00. The zero-order valence-electron chi connectivity index (χ0n) is 11.8. The van der Waals surface area contributed by atoms with Crippen LogP contribution in [0.25, 0.3) is 0 Å². The molecule has 4 atom stereocenters. The van der Waals surface area contributed by atoms with Crippen LogP contribution in [0.4, 0.5) is 0 Å². The molecule has 0 aromatic heterocycles. The standard InChI is InChI=1S/C15H23BrN2O/c1-10(17)15(12-4-6-13(16)7-5-12)18(3)14-8-9-19-11(14)2/h4-7,10-11,14-15H,8-9,17H2,1-3H3. The van der Waals surface area contributed by atoms with Crippen LogP contribution >= 0.6 is 15.9 Å². The molecule has 0 aliphatic carbocycles. The molecule has 3 nitrogen and oxygen atoms in total. The van der Waals surface area contributed by atoms with E-state index in [4.69, 9.17) is 10.5 Å². The molecule has 1 fully saturated rings. The quantitative estimate of drug-likeness (QED) is 0.924. The smallest absolute Gasteiger partial charge is 0.0703 e. The SMILES string of the molecule is CC(N)C(c1ccc(Br)cc1)N(C)C1CCOC1C. The molecule has 1 aromatic rings. The van der Waals surface area contributed by atoms with Crippen LogP contribution in [-0.4, -0.2) is 36.7 Å². The molecule has 1 aliphatic heterocycles. The van der Waals surface area contributed by atoms with Crippen molar-refractivity contribution in [3.8, 4) is 0 Å². The van der Waals surface area contributed by atoms with E-state index in [0.29, 0.717) is 6.04 Å². The lowest BCUT2D eigenvalue weighted by Gasteiger charge is -2.37. The van der Waals surface area contributed by atoms with Gasteiger partial charge in [-0.25, -0.2) is 0 Å². The third-order valence-electron chi connectivity index (χ3n) is 4.01. The maximum Gasteiger partial charge on any atom is 0.0703 e. The number of hydrogen-bond acceptors (Lipinski definition) is 3. The van der Waals surface area contributed by atoms with Crippen molar-refractivity contribution in [3.63, 3.8) is 0 Å². The van der Waals surface area contributed by atoms with Gasteiger partial charge in [0.1, 0.15) is 0 Å². The first kappa shape index (κ1) is 15.0. The fourth-order valence-corrected chi connectivity index (χ4v) is 3.30. The molecule has 0 spiro atoms. The van der Waals surface area contributed by atoms with Gasteiger partial charge in [-0.3, -0.25) is 4.90 Å². The largest absolute Gasteiger partial charge is 0.377 e. The van der Waals surface area contributed by atoms with Gasteiger partial charge in [0.2, 0.25) is 0 Å². The van der Waals surface area contributed by atoms with Gasteiger partial charge in [0.15, 0.2) is 0 Å². The number of nitrogens with two attached hydrogens (primary N) is 1. The van der Waals surface area contributed by atoms with Crippen molar-refractivity contribution in [2.45, 2.75) is 44.5 Å². The third kappa shape index (κ3) is 3.37. The predicted molar refractivity (Wildman–Crippen MR) is 82.1 cm³/mol. The van der Waals surface area contributed by atoms with Crippen molar-refractivity contribution in [2.24, 2.45) is 5.73 Å². The maximum absolute atomic E-state index is 6.23. The molecule has 0 bridgehead atoms. The summed E-state index contributed by atoms with van der Waals surface area (Å²) in [6, 6.07) is 9.20. The second-order valence-corrected chi connectivity index (χ2v) is 6.37. The highest BCUT2D eigenvalue weighted by molar-refractivity contribution is 9.10. The summed E-state index contributed by atoms with van der Waals surface area (Å²) >= 11 is 3.48. The van der Waals surface area contributed by atoms with E-state index < -0.39 is 0 Å². The van der Waals surface area contributed by atoms with E-state index in [1.165, 1.54) is 5.56 Å². The Labute approximate surface area is 124 Å². The average molecular weight is 327 g/mol. The molecule has 1 aliphatic rings. The molecule has 1 heterocycles. The van der Waals surface area contributed by atoms with Gasteiger partial charge in [-0.1, -0.05) is 28.1 Å². The van der Waals surface area contributed by atoms with Crippen LogP contribution in [-0.2, 0) is 4.74 Å². The Balaban J connectivity index is 2.22. The zero-order valence-corrected chi connectivity index (χ0v) is 13.4. The summed E-state index contributed by atoms with van der Waals surface area (Å²) in [4.78, 5) is 2.38. The lowest BCUT2D eigenvalue weighted by molar-refractivity contribution is 0.0626. The van der Waals surface area contributed by atoms with Gasteiger partial charge in [-0.2, -0.15) is 0 Å². The molecule has 106 valence electrons. The maximum atomic E-state index is 6.23. The van der Waals surface area contributed by atoms with Crippen LogP contribution in [0.5, 0.6) is 0 Å². The van der Waals surface area contributed by atoms with Crippen molar-refractivity contribution in [1.82, 2.24) is 4.90 Å². The molecule has 2 N–H and O–H groups in total. The van der Waals surface area contributed by atoms with Crippen LogP contribution in [0.2, 0.25) is 0 Å². The number of halogens is 1. The van der Waals surface area contributed by atoms with Gasteiger partial charge in [0.25, 0.3) is 0 Å². The van der Waals surface area contributed by atoms with Crippen LogP contribution in [0.3, 0.4) is 0 Å². The van der Waals surface area contributed by atoms with Gasteiger partial charge in [-0.15, -0.1) is 0 Å². The van der Waals surface area contributed by atoms with E-state index in [9.17, 15) is 0 Å².